The summed E-state index contributed by atoms with van der Waals surface area (Å²) in [7, 11) is 3.14. The van der Waals surface area contributed by atoms with Crippen molar-refractivity contribution in [1.82, 2.24) is 0 Å². The molecule has 32 heavy (non-hydrogen) atoms. The van der Waals surface area contributed by atoms with Gasteiger partial charge in [-0.15, -0.1) is 11.8 Å². The lowest BCUT2D eigenvalue weighted by Crippen LogP contribution is -2.22. The van der Waals surface area contributed by atoms with E-state index < -0.39 is 0 Å². The second kappa shape index (κ2) is 11.4. The summed E-state index contributed by atoms with van der Waals surface area (Å²) in [5.41, 5.74) is 2.32. The van der Waals surface area contributed by atoms with Gasteiger partial charge in [-0.3, -0.25) is 4.79 Å². The summed E-state index contributed by atoms with van der Waals surface area (Å²) in [6, 6.07) is 22.8. The molecule has 0 fully saturated rings. The molecule has 3 rings (SSSR count). The van der Waals surface area contributed by atoms with Crippen molar-refractivity contribution in [2.75, 3.05) is 30.2 Å². The number of benzene rings is 3. The summed E-state index contributed by atoms with van der Waals surface area (Å²) >= 11 is 6.84. The normalized spacial score (nSPS) is 11.2. The Morgan fingerprint density at radius 2 is 1.59 bits per heavy atom. The summed E-state index contributed by atoms with van der Waals surface area (Å²) in [5, 5.41) is 9.40. The smallest absolute Gasteiger partial charge is 0.237 e. The third-order valence-electron chi connectivity index (χ3n) is 4.47. The summed E-state index contributed by atoms with van der Waals surface area (Å²) in [5.74, 6) is 1.07. The summed E-state index contributed by atoms with van der Waals surface area (Å²) in [6.07, 6.45) is 0. The molecule has 3 aromatic rings. The van der Waals surface area contributed by atoms with Gasteiger partial charge in [0.05, 0.1) is 25.2 Å². The molecule has 0 bridgehead atoms. The highest BCUT2D eigenvalue weighted by atomic mass is 32.2. The first-order valence-electron chi connectivity index (χ1n) is 9.91. The zero-order valence-electron chi connectivity index (χ0n) is 18.0. The number of anilines is 3. The van der Waals surface area contributed by atoms with E-state index >= 15 is 0 Å². The Kier molecular flexibility index (Phi) is 8.35. The van der Waals surface area contributed by atoms with Crippen LogP contribution in [0, 0.1) is 0 Å². The standard InChI is InChI=1S/C24H25N3O3S2/c1-16(23(28)27-21-15-19(29-2)12-13-22(21)30-3)32-20-11-7-10-18(14-20)26-24(31)25-17-8-5-4-6-9-17/h4-16H,1-3H3,(H,27,28)(H2,25,26,31). The van der Waals surface area contributed by atoms with Crippen molar-refractivity contribution in [3.8, 4) is 11.5 Å². The molecule has 8 heteroatoms. The second-order valence-corrected chi connectivity index (χ2v) is 8.61. The maximum Gasteiger partial charge on any atom is 0.237 e. The number of ether oxygens (including phenoxy) is 2. The number of thiocarbonyl (C=S) groups is 1. The van der Waals surface area contributed by atoms with Crippen molar-refractivity contribution >= 4 is 52.1 Å². The van der Waals surface area contributed by atoms with E-state index in [0.717, 1.165) is 16.3 Å². The van der Waals surface area contributed by atoms with Gasteiger partial charge in [0.25, 0.3) is 0 Å². The van der Waals surface area contributed by atoms with E-state index in [9.17, 15) is 4.79 Å². The monoisotopic (exact) mass is 467 g/mol. The van der Waals surface area contributed by atoms with Gasteiger partial charge < -0.3 is 25.4 Å². The second-order valence-electron chi connectivity index (χ2n) is 6.79. The van der Waals surface area contributed by atoms with Crippen molar-refractivity contribution in [2.24, 2.45) is 0 Å². The fourth-order valence-corrected chi connectivity index (χ4v) is 4.03. The van der Waals surface area contributed by atoms with Gasteiger partial charge in [0, 0.05) is 22.3 Å². The van der Waals surface area contributed by atoms with Gasteiger partial charge in [-0.05, 0) is 61.6 Å². The quantitative estimate of drug-likeness (QED) is 0.293. The molecule has 0 heterocycles. The number of rotatable bonds is 8. The minimum atomic E-state index is -0.337. The molecule has 0 saturated heterocycles. The molecule has 6 nitrogen and oxygen atoms in total. The zero-order chi connectivity index (χ0) is 22.9. The number of thioether (sulfide) groups is 1. The first-order chi connectivity index (χ1) is 15.5. The van der Waals surface area contributed by atoms with E-state index in [-0.39, 0.29) is 11.2 Å². The summed E-state index contributed by atoms with van der Waals surface area (Å²) < 4.78 is 10.6. The maximum absolute atomic E-state index is 12.8. The topological polar surface area (TPSA) is 71.6 Å². The molecule has 3 aromatic carbocycles. The molecule has 0 spiro atoms. The van der Waals surface area contributed by atoms with E-state index in [1.165, 1.54) is 11.8 Å². The van der Waals surface area contributed by atoms with Gasteiger partial charge >= 0.3 is 0 Å². The number of methoxy groups -OCH3 is 2. The highest BCUT2D eigenvalue weighted by Gasteiger charge is 2.17. The Hall–Kier alpha value is -3.23. The van der Waals surface area contributed by atoms with Gasteiger partial charge in [0.15, 0.2) is 5.11 Å². The van der Waals surface area contributed by atoms with E-state index in [2.05, 4.69) is 16.0 Å². The molecule has 166 valence electrons. The fraction of sp³-hybridized carbons (Fsp3) is 0.167. The van der Waals surface area contributed by atoms with Gasteiger partial charge in [-0.2, -0.15) is 0 Å². The minimum absolute atomic E-state index is 0.138. The van der Waals surface area contributed by atoms with E-state index in [0.29, 0.717) is 22.3 Å². The molecular formula is C24H25N3O3S2. The molecule has 0 aliphatic rings. The van der Waals surface area contributed by atoms with Crippen LogP contribution in [-0.4, -0.2) is 30.5 Å². The van der Waals surface area contributed by atoms with Crippen molar-refractivity contribution in [3.63, 3.8) is 0 Å². The summed E-state index contributed by atoms with van der Waals surface area (Å²) in [4.78, 5) is 13.7. The van der Waals surface area contributed by atoms with Crippen molar-refractivity contribution in [3.05, 3.63) is 72.8 Å². The lowest BCUT2D eigenvalue weighted by Gasteiger charge is -2.16. The average molecular weight is 468 g/mol. The number of para-hydroxylation sites is 1. The molecule has 1 atom stereocenters. The Labute approximate surface area is 197 Å². The van der Waals surface area contributed by atoms with Crippen LogP contribution < -0.4 is 25.4 Å². The van der Waals surface area contributed by atoms with Crippen LogP contribution in [-0.2, 0) is 4.79 Å². The number of carbonyl (C=O) groups is 1. The third kappa shape index (κ3) is 6.63. The third-order valence-corrected chi connectivity index (χ3v) is 5.77. The van der Waals surface area contributed by atoms with Crippen LogP contribution >= 0.6 is 24.0 Å². The number of carbonyl (C=O) groups excluding carboxylic acids is 1. The number of amides is 1. The Morgan fingerprint density at radius 3 is 2.31 bits per heavy atom. The van der Waals surface area contributed by atoms with Gasteiger partial charge in [0.2, 0.25) is 5.91 Å². The van der Waals surface area contributed by atoms with Crippen molar-refractivity contribution in [2.45, 2.75) is 17.1 Å². The van der Waals surface area contributed by atoms with Crippen LogP contribution in [0.25, 0.3) is 0 Å². The molecule has 0 radical (unpaired) electrons. The van der Waals surface area contributed by atoms with Crippen LogP contribution in [0.4, 0.5) is 17.1 Å². The predicted molar refractivity (Wildman–Crippen MR) is 136 cm³/mol. The Bertz CT molecular complexity index is 1080. The highest BCUT2D eigenvalue weighted by Crippen LogP contribution is 2.31. The molecule has 1 amide bonds. The van der Waals surface area contributed by atoms with Crippen LogP contribution in [0.15, 0.2) is 77.7 Å². The molecule has 0 aliphatic carbocycles. The molecule has 0 aliphatic heterocycles. The van der Waals surface area contributed by atoms with E-state index in [4.69, 9.17) is 21.7 Å². The van der Waals surface area contributed by atoms with Crippen LogP contribution in [0.1, 0.15) is 6.92 Å². The lowest BCUT2D eigenvalue weighted by molar-refractivity contribution is -0.115. The van der Waals surface area contributed by atoms with Crippen LogP contribution in [0.5, 0.6) is 11.5 Å². The molecule has 1 unspecified atom stereocenters. The minimum Gasteiger partial charge on any atom is -0.497 e. The molecule has 3 N–H and O–H groups in total. The molecule has 0 aromatic heterocycles. The number of hydrogen-bond acceptors (Lipinski definition) is 5. The summed E-state index contributed by atoms with van der Waals surface area (Å²) in [6.45, 7) is 1.86. The number of nitrogens with one attached hydrogen (secondary N) is 3. The first-order valence-corrected chi connectivity index (χ1v) is 11.2. The van der Waals surface area contributed by atoms with Gasteiger partial charge in [-0.1, -0.05) is 24.3 Å². The number of hydrogen-bond donors (Lipinski definition) is 3. The maximum atomic E-state index is 12.8. The Morgan fingerprint density at radius 1 is 0.875 bits per heavy atom. The fourth-order valence-electron chi connectivity index (χ4n) is 2.87. The van der Waals surface area contributed by atoms with Crippen LogP contribution in [0.2, 0.25) is 0 Å². The van der Waals surface area contributed by atoms with E-state index in [1.807, 2.05) is 61.5 Å². The first kappa shape index (κ1) is 23.4. The molecule has 0 saturated carbocycles. The van der Waals surface area contributed by atoms with E-state index in [1.54, 1.807) is 32.4 Å². The largest absolute Gasteiger partial charge is 0.497 e. The predicted octanol–water partition coefficient (Wildman–Crippen LogP) is 5.63. The zero-order valence-corrected chi connectivity index (χ0v) is 19.7. The van der Waals surface area contributed by atoms with Crippen LogP contribution in [0.3, 0.4) is 0 Å². The SMILES string of the molecule is COc1ccc(OC)c(NC(=O)C(C)Sc2cccc(NC(=S)Nc3ccccc3)c2)c1. The van der Waals surface area contributed by atoms with Gasteiger partial charge in [-0.25, -0.2) is 0 Å². The Balaban J connectivity index is 1.61. The molecular weight excluding hydrogens is 442 g/mol. The van der Waals surface area contributed by atoms with Crippen molar-refractivity contribution < 1.29 is 14.3 Å². The highest BCUT2D eigenvalue weighted by molar-refractivity contribution is 8.00. The average Bonchev–Trinajstić information content (AvgIpc) is 2.79. The van der Waals surface area contributed by atoms with Crippen molar-refractivity contribution in [1.29, 1.82) is 0 Å². The lowest BCUT2D eigenvalue weighted by atomic mass is 10.2. The van der Waals surface area contributed by atoms with Gasteiger partial charge in [0.1, 0.15) is 11.5 Å².